The number of esters is 1. The first-order chi connectivity index (χ1) is 10.7. The lowest BCUT2D eigenvalue weighted by atomic mass is 10.2. The molecule has 0 atom stereocenters. The van der Waals surface area contributed by atoms with Crippen LogP contribution in [0.2, 0.25) is 0 Å². The fraction of sp³-hybridized carbons (Fsp3) is 0.235. The lowest BCUT2D eigenvalue weighted by Crippen LogP contribution is -2.05. The van der Waals surface area contributed by atoms with Crippen molar-refractivity contribution in [2.75, 3.05) is 20.8 Å². The van der Waals surface area contributed by atoms with Crippen molar-refractivity contribution in [3.8, 4) is 11.5 Å². The normalized spacial score (nSPS) is 10.1. The van der Waals surface area contributed by atoms with Crippen molar-refractivity contribution in [3.63, 3.8) is 0 Å². The molecule has 0 saturated heterocycles. The van der Waals surface area contributed by atoms with Gasteiger partial charge in [0.2, 0.25) is 0 Å². The molecule has 0 unspecified atom stereocenters. The molecule has 0 aromatic heterocycles. The number of carbonyl (C=O) groups is 1. The minimum atomic E-state index is -0.314. The van der Waals surface area contributed by atoms with Gasteiger partial charge in [0.25, 0.3) is 0 Å². The minimum absolute atomic E-state index is 0.314. The van der Waals surface area contributed by atoms with E-state index >= 15 is 0 Å². The highest BCUT2D eigenvalue weighted by Gasteiger charge is 2.13. The van der Waals surface area contributed by atoms with E-state index in [0.29, 0.717) is 23.7 Å². The Bertz CT molecular complexity index is 655. The molecule has 0 spiro atoms. The van der Waals surface area contributed by atoms with Crippen LogP contribution in [0.1, 0.15) is 17.3 Å². The molecule has 116 valence electrons. The van der Waals surface area contributed by atoms with Crippen LogP contribution in [0, 0.1) is 0 Å². The van der Waals surface area contributed by atoms with Crippen LogP contribution in [0.4, 0.5) is 0 Å². The molecule has 0 aliphatic carbocycles. The van der Waals surface area contributed by atoms with Gasteiger partial charge in [0.05, 0.1) is 26.4 Å². The smallest absolute Gasteiger partial charge is 0.339 e. The highest BCUT2D eigenvalue weighted by molar-refractivity contribution is 7.99. The van der Waals surface area contributed by atoms with Gasteiger partial charge in [-0.1, -0.05) is 23.9 Å². The Morgan fingerprint density at radius 2 is 1.77 bits per heavy atom. The Morgan fingerprint density at radius 3 is 2.45 bits per heavy atom. The summed E-state index contributed by atoms with van der Waals surface area (Å²) in [6.07, 6.45) is 0. The average molecular weight is 318 g/mol. The molecule has 0 aliphatic heterocycles. The maximum absolute atomic E-state index is 12.0. The van der Waals surface area contributed by atoms with Gasteiger partial charge in [0.1, 0.15) is 0 Å². The van der Waals surface area contributed by atoms with E-state index in [1.807, 2.05) is 36.4 Å². The monoisotopic (exact) mass is 318 g/mol. The first-order valence-corrected chi connectivity index (χ1v) is 7.67. The largest absolute Gasteiger partial charge is 0.493 e. The Morgan fingerprint density at radius 1 is 1.05 bits per heavy atom. The second-order valence-corrected chi connectivity index (χ2v) is 5.45. The van der Waals surface area contributed by atoms with Crippen LogP contribution < -0.4 is 9.47 Å². The molecule has 0 amide bonds. The standard InChI is InChI=1S/C17H18O4S/c1-4-21-17(18)13-7-5-6-8-16(13)22-12-9-10-14(19-2)15(11-12)20-3/h5-11H,4H2,1-3H3. The third-order valence-corrected chi connectivity index (χ3v) is 4.03. The fourth-order valence-electron chi connectivity index (χ4n) is 1.94. The molecule has 22 heavy (non-hydrogen) atoms. The van der Waals surface area contributed by atoms with Crippen molar-refractivity contribution in [1.82, 2.24) is 0 Å². The molecule has 0 radical (unpaired) electrons. The van der Waals surface area contributed by atoms with Crippen molar-refractivity contribution in [2.45, 2.75) is 16.7 Å². The molecule has 2 rings (SSSR count). The zero-order valence-corrected chi connectivity index (χ0v) is 13.6. The van der Waals surface area contributed by atoms with E-state index < -0.39 is 0 Å². The van der Waals surface area contributed by atoms with Crippen molar-refractivity contribution < 1.29 is 19.0 Å². The van der Waals surface area contributed by atoms with Gasteiger partial charge in [0.15, 0.2) is 11.5 Å². The summed E-state index contributed by atoms with van der Waals surface area (Å²) in [7, 11) is 3.19. The molecule has 2 aromatic carbocycles. The molecule has 0 N–H and O–H groups in total. The molecule has 0 heterocycles. The van der Waals surface area contributed by atoms with Crippen molar-refractivity contribution in [2.24, 2.45) is 0 Å². The first-order valence-electron chi connectivity index (χ1n) is 6.85. The van der Waals surface area contributed by atoms with E-state index in [1.54, 1.807) is 27.2 Å². The van der Waals surface area contributed by atoms with Crippen LogP contribution in [0.15, 0.2) is 52.3 Å². The van der Waals surface area contributed by atoms with E-state index in [2.05, 4.69) is 0 Å². The lowest BCUT2D eigenvalue weighted by molar-refractivity contribution is 0.0522. The average Bonchev–Trinajstić information content (AvgIpc) is 2.55. The topological polar surface area (TPSA) is 44.8 Å². The SMILES string of the molecule is CCOC(=O)c1ccccc1Sc1ccc(OC)c(OC)c1. The second kappa shape index (κ2) is 7.75. The van der Waals surface area contributed by atoms with E-state index in [9.17, 15) is 4.79 Å². The Labute approximate surface area is 134 Å². The number of benzene rings is 2. The highest BCUT2D eigenvalue weighted by atomic mass is 32.2. The van der Waals surface area contributed by atoms with Crippen LogP contribution in [-0.2, 0) is 4.74 Å². The van der Waals surface area contributed by atoms with Gasteiger partial charge in [-0.2, -0.15) is 0 Å². The van der Waals surface area contributed by atoms with E-state index in [1.165, 1.54) is 11.8 Å². The predicted octanol–water partition coefficient (Wildman–Crippen LogP) is 4.03. The number of carbonyl (C=O) groups excluding carboxylic acids is 1. The zero-order chi connectivity index (χ0) is 15.9. The predicted molar refractivity (Wildman–Crippen MR) is 86.1 cm³/mol. The maximum Gasteiger partial charge on any atom is 0.339 e. The number of hydrogen-bond donors (Lipinski definition) is 0. The van der Waals surface area contributed by atoms with Crippen LogP contribution >= 0.6 is 11.8 Å². The van der Waals surface area contributed by atoms with Gasteiger partial charge in [-0.05, 0) is 37.3 Å². The van der Waals surface area contributed by atoms with Gasteiger partial charge in [-0.3, -0.25) is 0 Å². The highest BCUT2D eigenvalue weighted by Crippen LogP contribution is 2.36. The van der Waals surface area contributed by atoms with Gasteiger partial charge in [0, 0.05) is 9.79 Å². The van der Waals surface area contributed by atoms with Gasteiger partial charge >= 0.3 is 5.97 Å². The number of ether oxygens (including phenoxy) is 3. The summed E-state index contributed by atoms with van der Waals surface area (Å²) in [5.41, 5.74) is 0.559. The first kappa shape index (κ1) is 16.2. The van der Waals surface area contributed by atoms with Gasteiger partial charge in [-0.15, -0.1) is 0 Å². The summed E-state index contributed by atoms with van der Waals surface area (Å²) in [4.78, 5) is 13.8. The molecule has 2 aromatic rings. The molecule has 0 fully saturated rings. The fourth-order valence-corrected chi connectivity index (χ4v) is 2.90. The number of hydrogen-bond acceptors (Lipinski definition) is 5. The second-order valence-electron chi connectivity index (χ2n) is 4.34. The molecule has 4 nitrogen and oxygen atoms in total. The maximum atomic E-state index is 12.0. The molecule has 0 aliphatic rings. The quantitative estimate of drug-likeness (QED) is 0.752. The summed E-state index contributed by atoms with van der Waals surface area (Å²) >= 11 is 1.48. The van der Waals surface area contributed by atoms with Gasteiger partial charge < -0.3 is 14.2 Å². The Balaban J connectivity index is 2.29. The molecule has 0 saturated carbocycles. The van der Waals surface area contributed by atoms with Crippen molar-refractivity contribution >= 4 is 17.7 Å². The van der Waals surface area contributed by atoms with Crippen molar-refractivity contribution in [3.05, 3.63) is 48.0 Å². The lowest BCUT2D eigenvalue weighted by Gasteiger charge is -2.11. The van der Waals surface area contributed by atoms with Crippen LogP contribution in [0.5, 0.6) is 11.5 Å². The van der Waals surface area contributed by atoms with Crippen molar-refractivity contribution in [1.29, 1.82) is 0 Å². The van der Waals surface area contributed by atoms with E-state index in [4.69, 9.17) is 14.2 Å². The number of rotatable bonds is 6. The minimum Gasteiger partial charge on any atom is -0.493 e. The van der Waals surface area contributed by atoms with E-state index in [0.717, 1.165) is 9.79 Å². The van der Waals surface area contributed by atoms with Gasteiger partial charge in [-0.25, -0.2) is 4.79 Å². The molecular weight excluding hydrogens is 300 g/mol. The zero-order valence-electron chi connectivity index (χ0n) is 12.8. The Kier molecular flexibility index (Phi) is 5.72. The van der Waals surface area contributed by atoms with Crippen LogP contribution in [0.25, 0.3) is 0 Å². The summed E-state index contributed by atoms with van der Waals surface area (Å²) < 4.78 is 15.6. The number of methoxy groups -OCH3 is 2. The summed E-state index contributed by atoms with van der Waals surface area (Å²) in [6, 6.07) is 13.0. The molecule has 5 heteroatoms. The summed E-state index contributed by atoms with van der Waals surface area (Å²) in [5.74, 6) is 1.01. The molecular formula is C17H18O4S. The van der Waals surface area contributed by atoms with Crippen LogP contribution in [-0.4, -0.2) is 26.8 Å². The third kappa shape index (κ3) is 3.74. The van der Waals surface area contributed by atoms with E-state index in [-0.39, 0.29) is 5.97 Å². The summed E-state index contributed by atoms with van der Waals surface area (Å²) in [6.45, 7) is 2.15. The third-order valence-electron chi connectivity index (χ3n) is 2.97. The summed E-state index contributed by atoms with van der Waals surface area (Å²) in [5, 5.41) is 0. The molecule has 0 bridgehead atoms. The Hall–Kier alpha value is -2.14. The van der Waals surface area contributed by atoms with Crippen LogP contribution in [0.3, 0.4) is 0 Å².